The number of unbranched alkanes of at least 4 members (excludes halogenated alkanes) is 54. The minimum absolute atomic E-state index is 0.0653. The van der Waals surface area contributed by atoms with Crippen LogP contribution in [-0.2, 0) is 28.6 Å². The molecule has 0 unspecified atom stereocenters. The zero-order chi connectivity index (χ0) is 58.5. The zero-order valence-corrected chi connectivity index (χ0v) is 55.1. The Morgan fingerprint density at radius 1 is 0.235 bits per heavy atom. The topological polar surface area (TPSA) is 78.9 Å². The highest BCUT2D eigenvalue weighted by Gasteiger charge is 2.20. The minimum atomic E-state index is -0.770. The van der Waals surface area contributed by atoms with Gasteiger partial charge in [0.05, 0.1) is 0 Å². The second kappa shape index (κ2) is 70.4. The van der Waals surface area contributed by atoms with Gasteiger partial charge in [0.2, 0.25) is 0 Å². The molecule has 0 spiro atoms. The molecule has 0 aromatic heterocycles. The highest BCUT2D eigenvalue weighted by atomic mass is 16.6. The van der Waals surface area contributed by atoms with Gasteiger partial charge in [-0.25, -0.2) is 0 Å². The molecule has 6 heteroatoms. The van der Waals surface area contributed by atoms with E-state index in [4.69, 9.17) is 14.2 Å². The molecule has 0 fully saturated rings. The van der Waals surface area contributed by atoms with Gasteiger partial charge in [-0.2, -0.15) is 0 Å². The molecule has 6 nitrogen and oxygen atoms in total. The molecular weight excluding hydrogens is 997 g/mol. The fourth-order valence-electron chi connectivity index (χ4n) is 11.4. The van der Waals surface area contributed by atoms with Gasteiger partial charge in [-0.3, -0.25) is 14.4 Å². The predicted molar refractivity (Wildman–Crippen MR) is 353 cm³/mol. The van der Waals surface area contributed by atoms with Gasteiger partial charge in [0, 0.05) is 19.3 Å². The molecule has 0 aromatic carbocycles. The fourth-order valence-corrected chi connectivity index (χ4v) is 11.4. The monoisotopic (exact) mass is 1140 g/mol. The Hall–Kier alpha value is -2.11. The van der Waals surface area contributed by atoms with Crippen molar-refractivity contribution in [1.29, 1.82) is 0 Å². The van der Waals surface area contributed by atoms with Gasteiger partial charge in [-0.15, -0.1) is 0 Å². The SMILES string of the molecule is CCCCCCCC/C=C\CCCCCCCCCCCCCC(=O)OC[C@H](COC(=O)CCCCCCCCCCCCCCCCCCCCCCC)OC(=O)CCCCCCCCCCCCC/C=C\CCCCCCCC. The van der Waals surface area contributed by atoms with Crippen molar-refractivity contribution >= 4 is 17.9 Å². The first-order valence-electron chi connectivity index (χ1n) is 36.8. The molecule has 81 heavy (non-hydrogen) atoms. The lowest BCUT2D eigenvalue weighted by Crippen LogP contribution is -2.30. The van der Waals surface area contributed by atoms with Crippen LogP contribution in [0.15, 0.2) is 24.3 Å². The smallest absolute Gasteiger partial charge is 0.306 e. The highest BCUT2D eigenvalue weighted by Crippen LogP contribution is 2.19. The van der Waals surface area contributed by atoms with Gasteiger partial charge in [0.15, 0.2) is 6.10 Å². The third-order valence-corrected chi connectivity index (χ3v) is 16.9. The number of carbonyl (C=O) groups excluding carboxylic acids is 3. The molecule has 0 aliphatic carbocycles. The molecule has 0 aromatic rings. The Morgan fingerprint density at radius 3 is 0.617 bits per heavy atom. The molecule has 0 saturated carbocycles. The highest BCUT2D eigenvalue weighted by molar-refractivity contribution is 5.71. The number of allylic oxidation sites excluding steroid dienone is 4. The van der Waals surface area contributed by atoms with Crippen molar-refractivity contribution in [2.75, 3.05) is 13.2 Å². The van der Waals surface area contributed by atoms with Gasteiger partial charge < -0.3 is 14.2 Å². The number of esters is 3. The van der Waals surface area contributed by atoms with Crippen LogP contribution in [0.4, 0.5) is 0 Å². The molecule has 0 heterocycles. The van der Waals surface area contributed by atoms with Crippen LogP contribution in [-0.4, -0.2) is 37.2 Å². The first-order chi connectivity index (χ1) is 40.0. The summed E-state index contributed by atoms with van der Waals surface area (Å²) < 4.78 is 17.0. The van der Waals surface area contributed by atoms with Gasteiger partial charge in [-0.1, -0.05) is 353 Å². The Balaban J connectivity index is 4.30. The van der Waals surface area contributed by atoms with Crippen molar-refractivity contribution in [2.24, 2.45) is 0 Å². The van der Waals surface area contributed by atoms with Crippen LogP contribution in [0.1, 0.15) is 419 Å². The average Bonchev–Trinajstić information content (AvgIpc) is 3.47. The number of carbonyl (C=O) groups is 3. The molecule has 0 amide bonds. The summed E-state index contributed by atoms with van der Waals surface area (Å²) in [6.07, 6.45) is 86.3. The van der Waals surface area contributed by atoms with E-state index in [0.717, 1.165) is 57.8 Å². The summed E-state index contributed by atoms with van der Waals surface area (Å²) in [6, 6.07) is 0. The summed E-state index contributed by atoms with van der Waals surface area (Å²) in [5, 5.41) is 0. The number of hydrogen-bond acceptors (Lipinski definition) is 6. The standard InChI is InChI=1S/C75H142O6/c1-4-7-10-13-16-19-22-25-28-31-34-37-40-43-46-49-52-55-58-61-64-67-73(76)79-70-72(81-75(78)69-66-63-60-57-54-51-48-45-42-39-36-33-30-27-24-21-18-15-12-9-6-3)71-80-74(77)68-65-62-59-56-53-50-47-44-41-38-35-32-29-26-23-20-17-14-11-8-5-2/h25,27-28,30,72H,4-24,26,29,31-71H2,1-3H3/b28-25-,30-27-/t72-/m1/s1. The summed E-state index contributed by atoms with van der Waals surface area (Å²) in [5.74, 6) is -0.831. The molecule has 0 aliphatic heterocycles. The van der Waals surface area contributed by atoms with Crippen molar-refractivity contribution < 1.29 is 28.6 Å². The van der Waals surface area contributed by atoms with Gasteiger partial charge in [-0.05, 0) is 70.6 Å². The number of hydrogen-bond donors (Lipinski definition) is 0. The van der Waals surface area contributed by atoms with Crippen molar-refractivity contribution in [2.45, 2.75) is 425 Å². The lowest BCUT2D eigenvalue weighted by atomic mass is 10.0. The second-order valence-corrected chi connectivity index (χ2v) is 25.2. The lowest BCUT2D eigenvalue weighted by molar-refractivity contribution is -0.167. The van der Waals surface area contributed by atoms with Crippen molar-refractivity contribution in [3.8, 4) is 0 Å². The largest absolute Gasteiger partial charge is 0.462 e. The van der Waals surface area contributed by atoms with E-state index >= 15 is 0 Å². The molecular formula is C75H142O6. The van der Waals surface area contributed by atoms with Gasteiger partial charge >= 0.3 is 17.9 Å². The van der Waals surface area contributed by atoms with E-state index in [2.05, 4.69) is 45.1 Å². The number of ether oxygens (including phenoxy) is 3. The lowest BCUT2D eigenvalue weighted by Gasteiger charge is -2.18. The summed E-state index contributed by atoms with van der Waals surface area (Å²) in [7, 11) is 0. The second-order valence-electron chi connectivity index (χ2n) is 25.2. The Morgan fingerprint density at radius 2 is 0.407 bits per heavy atom. The molecule has 478 valence electrons. The quantitative estimate of drug-likeness (QED) is 0.0261. The molecule has 0 N–H and O–H groups in total. The van der Waals surface area contributed by atoms with Crippen molar-refractivity contribution in [3.05, 3.63) is 24.3 Å². The van der Waals surface area contributed by atoms with E-state index in [-0.39, 0.29) is 31.1 Å². The number of rotatable bonds is 69. The summed E-state index contributed by atoms with van der Waals surface area (Å²) in [4.78, 5) is 38.5. The normalized spacial score (nSPS) is 12.1. The Labute approximate surface area is 506 Å². The average molecular weight is 1140 g/mol. The minimum Gasteiger partial charge on any atom is -0.462 e. The third kappa shape index (κ3) is 68.6. The first kappa shape index (κ1) is 78.9. The fraction of sp³-hybridized carbons (Fsp3) is 0.907. The van der Waals surface area contributed by atoms with E-state index in [0.29, 0.717) is 19.3 Å². The summed E-state index contributed by atoms with van der Waals surface area (Å²) >= 11 is 0. The van der Waals surface area contributed by atoms with E-state index in [1.807, 2.05) is 0 Å². The van der Waals surface area contributed by atoms with Crippen LogP contribution in [0.25, 0.3) is 0 Å². The van der Waals surface area contributed by atoms with Crippen molar-refractivity contribution in [1.82, 2.24) is 0 Å². The van der Waals surface area contributed by atoms with Gasteiger partial charge in [0.1, 0.15) is 13.2 Å². The Kier molecular flexibility index (Phi) is 68.5. The van der Waals surface area contributed by atoms with Crippen molar-refractivity contribution in [3.63, 3.8) is 0 Å². The van der Waals surface area contributed by atoms with Crippen LogP contribution >= 0.6 is 0 Å². The predicted octanol–water partition coefficient (Wildman–Crippen LogP) is 25.3. The maximum atomic E-state index is 13.0. The van der Waals surface area contributed by atoms with E-state index in [1.165, 1.54) is 321 Å². The molecule has 0 saturated heterocycles. The molecule has 1 atom stereocenters. The summed E-state index contributed by atoms with van der Waals surface area (Å²) in [5.41, 5.74) is 0. The van der Waals surface area contributed by atoms with Crippen LogP contribution in [0.3, 0.4) is 0 Å². The maximum absolute atomic E-state index is 13.0. The van der Waals surface area contributed by atoms with Gasteiger partial charge in [0.25, 0.3) is 0 Å². The molecule has 0 aliphatic rings. The first-order valence-corrected chi connectivity index (χ1v) is 36.8. The summed E-state index contributed by atoms with van der Waals surface area (Å²) in [6.45, 7) is 6.73. The maximum Gasteiger partial charge on any atom is 0.306 e. The van der Waals surface area contributed by atoms with E-state index in [9.17, 15) is 14.4 Å². The Bertz CT molecular complexity index is 1310. The zero-order valence-electron chi connectivity index (χ0n) is 55.1. The molecule has 0 bridgehead atoms. The van der Waals surface area contributed by atoms with Crippen LogP contribution < -0.4 is 0 Å². The van der Waals surface area contributed by atoms with E-state index in [1.54, 1.807) is 0 Å². The molecule has 0 radical (unpaired) electrons. The van der Waals surface area contributed by atoms with E-state index < -0.39 is 6.10 Å². The molecule has 0 rings (SSSR count). The third-order valence-electron chi connectivity index (χ3n) is 16.9. The van der Waals surface area contributed by atoms with Crippen LogP contribution in [0, 0.1) is 0 Å². The van der Waals surface area contributed by atoms with Crippen LogP contribution in [0.2, 0.25) is 0 Å². The van der Waals surface area contributed by atoms with Crippen LogP contribution in [0.5, 0.6) is 0 Å².